The lowest BCUT2D eigenvalue weighted by molar-refractivity contribution is 0.412. The Bertz CT molecular complexity index is 750. The van der Waals surface area contributed by atoms with Crippen molar-refractivity contribution in [3.05, 3.63) is 30.1 Å². The summed E-state index contributed by atoms with van der Waals surface area (Å²) < 4.78 is 5.31. The Morgan fingerprint density at radius 3 is 2.84 bits per heavy atom. The molecule has 0 fully saturated rings. The molecule has 0 radical (unpaired) electrons. The molecule has 0 spiro atoms. The predicted molar refractivity (Wildman–Crippen MR) is 72.8 cm³/mol. The van der Waals surface area contributed by atoms with Crippen LogP contribution in [0, 0.1) is 6.92 Å². The van der Waals surface area contributed by atoms with Gasteiger partial charge < -0.3 is 15.5 Å². The van der Waals surface area contributed by atoms with Crippen molar-refractivity contribution in [2.75, 3.05) is 12.8 Å². The molecule has 96 valence electrons. The summed E-state index contributed by atoms with van der Waals surface area (Å²) in [5, 5.41) is 0. The van der Waals surface area contributed by atoms with Gasteiger partial charge in [-0.3, -0.25) is 0 Å². The first-order chi connectivity index (χ1) is 9.19. The van der Waals surface area contributed by atoms with Crippen molar-refractivity contribution < 1.29 is 4.74 Å². The fourth-order valence-electron chi connectivity index (χ4n) is 1.95. The zero-order chi connectivity index (χ0) is 13.4. The van der Waals surface area contributed by atoms with Gasteiger partial charge in [-0.05, 0) is 18.6 Å². The Morgan fingerprint density at radius 1 is 1.26 bits per heavy atom. The lowest BCUT2D eigenvalue weighted by atomic mass is 10.1. The van der Waals surface area contributed by atoms with Crippen molar-refractivity contribution in [3.63, 3.8) is 0 Å². The van der Waals surface area contributed by atoms with Gasteiger partial charge in [0.05, 0.1) is 7.11 Å². The minimum absolute atomic E-state index is 0.392. The van der Waals surface area contributed by atoms with Crippen LogP contribution in [0.15, 0.2) is 24.5 Å². The van der Waals surface area contributed by atoms with Crippen LogP contribution in [0.2, 0.25) is 0 Å². The second kappa shape index (κ2) is 4.24. The number of rotatable bonds is 2. The number of nitrogen functional groups attached to an aromatic ring is 1. The summed E-state index contributed by atoms with van der Waals surface area (Å²) in [4.78, 5) is 15.6. The number of hydrogen-bond donors (Lipinski definition) is 2. The van der Waals surface area contributed by atoms with Crippen LogP contribution in [0.3, 0.4) is 0 Å². The highest BCUT2D eigenvalue weighted by atomic mass is 16.5. The van der Waals surface area contributed by atoms with Gasteiger partial charge in [0.15, 0.2) is 11.5 Å². The van der Waals surface area contributed by atoms with E-state index in [1.165, 1.54) is 6.33 Å². The minimum Gasteiger partial charge on any atom is -0.496 e. The summed E-state index contributed by atoms with van der Waals surface area (Å²) in [7, 11) is 1.65. The van der Waals surface area contributed by atoms with E-state index >= 15 is 0 Å². The largest absolute Gasteiger partial charge is 0.496 e. The van der Waals surface area contributed by atoms with Gasteiger partial charge in [-0.2, -0.15) is 0 Å². The fraction of sp³-hybridized carbons (Fsp3) is 0.154. The number of H-pyrrole nitrogens is 1. The Balaban J connectivity index is 2.16. The maximum absolute atomic E-state index is 5.78. The normalized spacial score (nSPS) is 10.8. The molecule has 0 aliphatic carbocycles. The Morgan fingerprint density at radius 2 is 2.11 bits per heavy atom. The molecule has 0 bridgehead atoms. The lowest BCUT2D eigenvalue weighted by Gasteiger charge is -2.05. The lowest BCUT2D eigenvalue weighted by Crippen LogP contribution is -1.91. The third-order valence-corrected chi connectivity index (χ3v) is 3.00. The van der Waals surface area contributed by atoms with Gasteiger partial charge in [0.25, 0.3) is 0 Å². The number of ether oxygens (including phenoxy) is 1. The van der Waals surface area contributed by atoms with Crippen LogP contribution >= 0.6 is 0 Å². The van der Waals surface area contributed by atoms with E-state index in [4.69, 9.17) is 10.5 Å². The predicted octanol–water partition coefficient (Wildman–Crippen LogP) is 1.92. The highest BCUT2D eigenvalue weighted by molar-refractivity contribution is 5.84. The number of fused-ring (bicyclic) bond motifs is 1. The molecule has 0 saturated carbocycles. The minimum atomic E-state index is 0.392. The average Bonchev–Trinajstić information content (AvgIpc) is 2.85. The molecule has 0 amide bonds. The van der Waals surface area contributed by atoms with Crippen molar-refractivity contribution in [1.82, 2.24) is 19.9 Å². The van der Waals surface area contributed by atoms with Crippen molar-refractivity contribution in [3.8, 4) is 17.1 Å². The molecule has 6 heteroatoms. The van der Waals surface area contributed by atoms with E-state index in [9.17, 15) is 0 Å². The third kappa shape index (κ3) is 1.87. The van der Waals surface area contributed by atoms with Crippen molar-refractivity contribution in [1.29, 1.82) is 0 Å². The molecular weight excluding hydrogens is 242 g/mol. The Labute approximate surface area is 109 Å². The molecule has 0 aliphatic heterocycles. The second-order valence-corrected chi connectivity index (χ2v) is 4.23. The van der Waals surface area contributed by atoms with Crippen LogP contribution in [-0.4, -0.2) is 27.0 Å². The van der Waals surface area contributed by atoms with Gasteiger partial charge in [0, 0.05) is 5.56 Å². The molecule has 0 atom stereocenters. The van der Waals surface area contributed by atoms with Crippen molar-refractivity contribution in [2.45, 2.75) is 6.92 Å². The number of aryl methyl sites for hydroxylation is 1. The summed E-state index contributed by atoms with van der Waals surface area (Å²) in [5.74, 6) is 1.90. The summed E-state index contributed by atoms with van der Waals surface area (Å²) >= 11 is 0. The number of imidazole rings is 1. The number of hydrogen-bond acceptors (Lipinski definition) is 5. The Kier molecular flexibility index (Phi) is 2.56. The number of aromatic amines is 1. The highest BCUT2D eigenvalue weighted by Crippen LogP contribution is 2.26. The molecule has 0 unspecified atom stereocenters. The first-order valence-electron chi connectivity index (χ1n) is 5.80. The maximum atomic E-state index is 5.78. The van der Waals surface area contributed by atoms with E-state index in [0.717, 1.165) is 16.9 Å². The molecule has 19 heavy (non-hydrogen) atoms. The average molecular weight is 255 g/mol. The van der Waals surface area contributed by atoms with E-state index in [1.807, 2.05) is 25.1 Å². The first kappa shape index (κ1) is 11.5. The smallest absolute Gasteiger partial charge is 0.183 e. The molecule has 0 aliphatic rings. The second-order valence-electron chi connectivity index (χ2n) is 4.23. The van der Waals surface area contributed by atoms with Crippen LogP contribution in [0.5, 0.6) is 5.75 Å². The van der Waals surface area contributed by atoms with E-state index in [0.29, 0.717) is 22.8 Å². The molecule has 0 saturated heterocycles. The van der Waals surface area contributed by atoms with E-state index in [1.54, 1.807) is 7.11 Å². The highest BCUT2D eigenvalue weighted by Gasteiger charge is 2.10. The van der Waals surface area contributed by atoms with Gasteiger partial charge in [0.2, 0.25) is 0 Å². The van der Waals surface area contributed by atoms with Gasteiger partial charge in [-0.25, -0.2) is 15.0 Å². The zero-order valence-corrected chi connectivity index (χ0v) is 10.6. The summed E-state index contributed by atoms with van der Waals surface area (Å²) in [5.41, 5.74) is 8.98. The number of aromatic nitrogens is 4. The molecule has 2 aromatic heterocycles. The summed E-state index contributed by atoms with van der Waals surface area (Å²) in [6.45, 7) is 1.99. The topological polar surface area (TPSA) is 89.7 Å². The van der Waals surface area contributed by atoms with Crippen LogP contribution in [0.1, 0.15) is 5.56 Å². The van der Waals surface area contributed by atoms with Crippen LogP contribution in [0.4, 0.5) is 5.82 Å². The molecule has 3 N–H and O–H groups in total. The summed E-state index contributed by atoms with van der Waals surface area (Å²) in [6.07, 6.45) is 1.40. The Hall–Kier alpha value is -2.63. The van der Waals surface area contributed by atoms with E-state index < -0.39 is 0 Å². The quantitative estimate of drug-likeness (QED) is 0.730. The van der Waals surface area contributed by atoms with Crippen LogP contribution in [0.25, 0.3) is 22.6 Å². The molecule has 3 aromatic rings. The van der Waals surface area contributed by atoms with Crippen molar-refractivity contribution >= 4 is 17.0 Å². The van der Waals surface area contributed by atoms with Gasteiger partial charge in [-0.1, -0.05) is 12.1 Å². The van der Waals surface area contributed by atoms with E-state index in [-0.39, 0.29) is 0 Å². The van der Waals surface area contributed by atoms with Crippen molar-refractivity contribution in [2.24, 2.45) is 0 Å². The number of nitrogens with two attached hydrogens (primary N) is 1. The third-order valence-electron chi connectivity index (χ3n) is 3.00. The first-order valence-corrected chi connectivity index (χ1v) is 5.80. The molecule has 3 rings (SSSR count). The maximum Gasteiger partial charge on any atom is 0.183 e. The number of anilines is 1. The van der Waals surface area contributed by atoms with Gasteiger partial charge >= 0.3 is 0 Å². The van der Waals surface area contributed by atoms with Crippen LogP contribution < -0.4 is 10.5 Å². The number of methoxy groups -OCH3 is 1. The zero-order valence-electron chi connectivity index (χ0n) is 10.6. The van der Waals surface area contributed by atoms with Crippen LogP contribution in [-0.2, 0) is 0 Å². The number of nitrogens with zero attached hydrogens (tertiary/aromatic N) is 3. The number of benzene rings is 1. The summed E-state index contributed by atoms with van der Waals surface area (Å²) in [6, 6.07) is 5.88. The monoisotopic (exact) mass is 255 g/mol. The molecule has 6 nitrogen and oxygen atoms in total. The molecule has 2 heterocycles. The molecule has 1 aromatic carbocycles. The fourth-order valence-corrected chi connectivity index (χ4v) is 1.95. The van der Waals surface area contributed by atoms with Gasteiger partial charge in [-0.15, -0.1) is 0 Å². The van der Waals surface area contributed by atoms with E-state index in [2.05, 4.69) is 19.9 Å². The SMILES string of the molecule is COc1cc(-c2nc3ncnc(N)c3[nH]2)ccc1C. The molecular formula is C13H13N5O. The number of nitrogens with one attached hydrogen (secondary N) is 1. The standard InChI is InChI=1S/C13H13N5O/c1-7-3-4-8(5-9(7)19-2)12-17-10-11(14)15-6-16-13(10)18-12/h3-6H,1-2H3,(H3,14,15,16,17,18). The van der Waals surface area contributed by atoms with Gasteiger partial charge in [0.1, 0.15) is 23.4 Å².